The zero-order chi connectivity index (χ0) is 11.3. The first kappa shape index (κ1) is 12.5. The largest absolute Gasteiger partial charge is 0.285 e. The Morgan fingerprint density at radius 3 is 2.27 bits per heavy atom. The van der Waals surface area contributed by atoms with Crippen LogP contribution in [-0.2, 0) is 0 Å². The van der Waals surface area contributed by atoms with Crippen LogP contribution < -0.4 is 0 Å². The Kier molecular flexibility index (Phi) is 5.11. The van der Waals surface area contributed by atoms with Crippen molar-refractivity contribution in [2.24, 2.45) is 5.92 Å². The summed E-state index contributed by atoms with van der Waals surface area (Å²) in [5.74, 6) is 0.942. The standard InChI is InChI=1S/C13H24N2/c1-4-12-5-7-13(8-6-12)15(10-9-14)11(2)3/h11-13H,4-8,10H2,1-3H3. The fourth-order valence-corrected chi connectivity index (χ4v) is 2.70. The molecule has 0 aromatic carbocycles. The molecule has 0 aromatic heterocycles. The van der Waals surface area contributed by atoms with Gasteiger partial charge in [-0.1, -0.05) is 13.3 Å². The monoisotopic (exact) mass is 208 g/mol. The molecule has 1 aliphatic carbocycles. The van der Waals surface area contributed by atoms with Gasteiger partial charge in [0.15, 0.2) is 0 Å². The Bertz CT molecular complexity index is 209. The van der Waals surface area contributed by atoms with Gasteiger partial charge >= 0.3 is 0 Å². The Balaban J connectivity index is 2.46. The lowest BCUT2D eigenvalue weighted by Gasteiger charge is -2.37. The van der Waals surface area contributed by atoms with Crippen molar-refractivity contribution in [3.63, 3.8) is 0 Å². The average molecular weight is 208 g/mol. The van der Waals surface area contributed by atoms with E-state index in [1.807, 2.05) is 0 Å². The van der Waals surface area contributed by atoms with Gasteiger partial charge < -0.3 is 0 Å². The van der Waals surface area contributed by atoms with Crippen molar-refractivity contribution in [1.82, 2.24) is 4.90 Å². The minimum atomic E-state index is 0.507. The van der Waals surface area contributed by atoms with Gasteiger partial charge in [0.25, 0.3) is 0 Å². The summed E-state index contributed by atoms with van der Waals surface area (Å²) in [5, 5.41) is 8.82. The van der Waals surface area contributed by atoms with Crippen LogP contribution in [0.15, 0.2) is 0 Å². The lowest BCUT2D eigenvalue weighted by molar-refractivity contribution is 0.119. The van der Waals surface area contributed by atoms with E-state index in [1.54, 1.807) is 0 Å². The maximum absolute atomic E-state index is 8.82. The van der Waals surface area contributed by atoms with Gasteiger partial charge in [-0.25, -0.2) is 0 Å². The summed E-state index contributed by atoms with van der Waals surface area (Å²) < 4.78 is 0. The number of nitriles is 1. The molecular weight excluding hydrogens is 184 g/mol. The van der Waals surface area contributed by atoms with E-state index < -0.39 is 0 Å². The highest BCUT2D eigenvalue weighted by molar-refractivity contribution is 4.86. The Labute approximate surface area is 94.3 Å². The second-order valence-electron chi connectivity index (χ2n) is 5.01. The van der Waals surface area contributed by atoms with E-state index in [1.165, 1.54) is 32.1 Å². The highest BCUT2D eigenvalue weighted by Gasteiger charge is 2.26. The van der Waals surface area contributed by atoms with Crippen molar-refractivity contribution >= 4 is 0 Å². The SMILES string of the molecule is CCC1CCC(N(CC#N)C(C)C)CC1. The second kappa shape index (κ2) is 6.12. The predicted molar refractivity (Wildman–Crippen MR) is 63.5 cm³/mol. The number of hydrogen-bond acceptors (Lipinski definition) is 2. The fraction of sp³-hybridized carbons (Fsp3) is 0.923. The maximum Gasteiger partial charge on any atom is 0.0870 e. The summed E-state index contributed by atoms with van der Waals surface area (Å²) in [6, 6.07) is 3.46. The first-order valence-electron chi connectivity index (χ1n) is 6.31. The lowest BCUT2D eigenvalue weighted by atomic mass is 9.83. The number of rotatable bonds is 4. The molecule has 1 saturated carbocycles. The molecule has 0 atom stereocenters. The average Bonchev–Trinajstić information content (AvgIpc) is 2.26. The van der Waals surface area contributed by atoms with Crippen molar-refractivity contribution in [2.75, 3.05) is 6.54 Å². The highest BCUT2D eigenvalue weighted by atomic mass is 15.2. The lowest BCUT2D eigenvalue weighted by Crippen LogP contribution is -2.42. The quantitative estimate of drug-likeness (QED) is 0.663. The molecular formula is C13H24N2. The minimum absolute atomic E-state index is 0.507. The van der Waals surface area contributed by atoms with E-state index in [4.69, 9.17) is 5.26 Å². The van der Waals surface area contributed by atoms with Crippen molar-refractivity contribution in [2.45, 2.75) is 65.0 Å². The molecule has 86 valence electrons. The molecule has 0 aliphatic heterocycles. The molecule has 0 saturated heterocycles. The topological polar surface area (TPSA) is 27.0 Å². The Hall–Kier alpha value is -0.550. The van der Waals surface area contributed by atoms with Crippen LogP contribution in [0.3, 0.4) is 0 Å². The summed E-state index contributed by atoms with van der Waals surface area (Å²) in [6.45, 7) is 7.28. The highest BCUT2D eigenvalue weighted by Crippen LogP contribution is 2.30. The van der Waals surface area contributed by atoms with Gasteiger partial charge in [0.2, 0.25) is 0 Å². The molecule has 0 radical (unpaired) electrons. The minimum Gasteiger partial charge on any atom is -0.285 e. The molecule has 15 heavy (non-hydrogen) atoms. The Morgan fingerprint density at radius 2 is 1.87 bits per heavy atom. The molecule has 0 amide bonds. The van der Waals surface area contributed by atoms with Gasteiger partial charge in [-0.2, -0.15) is 5.26 Å². The van der Waals surface area contributed by atoms with Crippen LogP contribution in [0.4, 0.5) is 0 Å². The molecule has 0 N–H and O–H groups in total. The number of nitrogens with zero attached hydrogens (tertiary/aromatic N) is 2. The maximum atomic E-state index is 8.82. The fourth-order valence-electron chi connectivity index (χ4n) is 2.70. The van der Waals surface area contributed by atoms with Gasteiger partial charge in [0, 0.05) is 12.1 Å². The molecule has 2 nitrogen and oxygen atoms in total. The van der Waals surface area contributed by atoms with E-state index in [2.05, 4.69) is 31.7 Å². The van der Waals surface area contributed by atoms with Crippen molar-refractivity contribution in [1.29, 1.82) is 5.26 Å². The smallest absolute Gasteiger partial charge is 0.0870 e. The van der Waals surface area contributed by atoms with Crippen LogP contribution >= 0.6 is 0 Å². The number of hydrogen-bond donors (Lipinski definition) is 0. The van der Waals surface area contributed by atoms with Crippen LogP contribution in [0.25, 0.3) is 0 Å². The molecule has 0 aromatic rings. The zero-order valence-electron chi connectivity index (χ0n) is 10.4. The summed E-state index contributed by atoms with van der Waals surface area (Å²) in [4.78, 5) is 2.37. The molecule has 0 heterocycles. The molecule has 1 fully saturated rings. The van der Waals surface area contributed by atoms with Gasteiger partial charge in [-0.15, -0.1) is 0 Å². The summed E-state index contributed by atoms with van der Waals surface area (Å²) in [6.07, 6.45) is 6.62. The van der Waals surface area contributed by atoms with Crippen molar-refractivity contribution in [3.05, 3.63) is 0 Å². The molecule has 0 bridgehead atoms. The van der Waals surface area contributed by atoms with Crippen molar-refractivity contribution in [3.8, 4) is 6.07 Å². The molecule has 1 aliphatic rings. The molecule has 0 spiro atoms. The van der Waals surface area contributed by atoms with Crippen LogP contribution in [0, 0.1) is 17.2 Å². The van der Waals surface area contributed by atoms with E-state index in [0.29, 0.717) is 18.6 Å². The van der Waals surface area contributed by atoms with E-state index in [9.17, 15) is 0 Å². The summed E-state index contributed by atoms with van der Waals surface area (Å²) >= 11 is 0. The van der Waals surface area contributed by atoms with Gasteiger partial charge in [0.1, 0.15) is 0 Å². The van der Waals surface area contributed by atoms with Gasteiger partial charge in [0.05, 0.1) is 12.6 Å². The van der Waals surface area contributed by atoms with E-state index in [-0.39, 0.29) is 0 Å². The summed E-state index contributed by atoms with van der Waals surface area (Å²) in [5.41, 5.74) is 0. The van der Waals surface area contributed by atoms with Gasteiger partial charge in [-0.3, -0.25) is 4.90 Å². The Morgan fingerprint density at radius 1 is 1.27 bits per heavy atom. The normalized spacial score (nSPS) is 26.9. The van der Waals surface area contributed by atoms with Gasteiger partial charge in [-0.05, 0) is 45.4 Å². The second-order valence-corrected chi connectivity index (χ2v) is 5.01. The van der Waals surface area contributed by atoms with Crippen molar-refractivity contribution < 1.29 is 0 Å². The molecule has 0 unspecified atom stereocenters. The van der Waals surface area contributed by atoms with Crippen LogP contribution in [0.5, 0.6) is 0 Å². The first-order valence-corrected chi connectivity index (χ1v) is 6.31. The summed E-state index contributed by atoms with van der Waals surface area (Å²) in [7, 11) is 0. The predicted octanol–water partition coefficient (Wildman–Crippen LogP) is 3.19. The zero-order valence-corrected chi connectivity index (χ0v) is 10.4. The molecule has 2 heteroatoms. The third-order valence-electron chi connectivity index (χ3n) is 3.78. The van der Waals surface area contributed by atoms with E-state index in [0.717, 1.165) is 5.92 Å². The van der Waals surface area contributed by atoms with Crippen LogP contribution in [-0.4, -0.2) is 23.5 Å². The third kappa shape index (κ3) is 3.50. The van der Waals surface area contributed by atoms with Crippen LogP contribution in [0.2, 0.25) is 0 Å². The molecule has 1 rings (SSSR count). The van der Waals surface area contributed by atoms with E-state index >= 15 is 0 Å². The van der Waals surface area contributed by atoms with Crippen LogP contribution in [0.1, 0.15) is 52.9 Å². The first-order chi connectivity index (χ1) is 7.19. The third-order valence-corrected chi connectivity index (χ3v) is 3.78.